The van der Waals surface area contributed by atoms with E-state index in [2.05, 4.69) is 10.0 Å². The van der Waals surface area contributed by atoms with Crippen LogP contribution >= 0.6 is 0 Å². The number of anilines is 2. The van der Waals surface area contributed by atoms with Gasteiger partial charge in [-0.25, -0.2) is 13.2 Å². The van der Waals surface area contributed by atoms with E-state index in [4.69, 9.17) is 5.73 Å². The lowest BCUT2D eigenvalue weighted by Crippen LogP contribution is -2.34. The summed E-state index contributed by atoms with van der Waals surface area (Å²) in [6.07, 6.45) is 0. The van der Waals surface area contributed by atoms with Crippen LogP contribution in [0.25, 0.3) is 0 Å². The first-order valence-electron chi connectivity index (χ1n) is 5.85. The monoisotopic (exact) mass is 284 g/mol. The molecule has 19 heavy (non-hydrogen) atoms. The number of nitrogens with one attached hydrogen (secondary N) is 2. The Hall–Kier alpha value is -1.96. The molecule has 0 bridgehead atoms. The molecular formula is C11H16N4O3S. The Morgan fingerprint density at radius 2 is 2.21 bits per heavy atom. The number of hydrogen-bond donors (Lipinski definition) is 3. The highest BCUT2D eigenvalue weighted by atomic mass is 32.2. The topological polar surface area (TPSA) is 105 Å². The third-order valence-corrected chi connectivity index (χ3v) is 4.00. The van der Waals surface area contributed by atoms with E-state index in [9.17, 15) is 13.2 Å². The first-order valence-corrected chi connectivity index (χ1v) is 7.50. The van der Waals surface area contributed by atoms with E-state index >= 15 is 0 Å². The van der Waals surface area contributed by atoms with Crippen molar-refractivity contribution in [1.82, 2.24) is 10.2 Å². The van der Waals surface area contributed by atoms with Crippen molar-refractivity contribution in [2.45, 2.75) is 0 Å². The van der Waals surface area contributed by atoms with E-state index < -0.39 is 10.0 Å². The van der Waals surface area contributed by atoms with Crippen molar-refractivity contribution in [2.24, 2.45) is 0 Å². The Morgan fingerprint density at radius 3 is 2.84 bits per heavy atom. The second-order valence-electron chi connectivity index (χ2n) is 4.27. The number of nitrogens with two attached hydrogens (primary N) is 1. The van der Waals surface area contributed by atoms with Crippen molar-refractivity contribution in [3.8, 4) is 0 Å². The summed E-state index contributed by atoms with van der Waals surface area (Å²) in [6.45, 7) is 1.26. The Kier molecular flexibility index (Phi) is 3.79. The molecule has 1 aliphatic heterocycles. The van der Waals surface area contributed by atoms with E-state index in [1.54, 1.807) is 24.3 Å². The molecule has 0 unspecified atom stereocenters. The fraction of sp³-hybridized carbons (Fsp3) is 0.364. The molecule has 0 spiro atoms. The Labute approximate surface area is 111 Å². The Bertz CT molecular complexity index is 573. The molecule has 8 heteroatoms. The lowest BCUT2D eigenvalue weighted by Gasteiger charge is -2.14. The fourth-order valence-corrected chi connectivity index (χ4v) is 2.84. The average Bonchev–Trinajstić information content (AvgIpc) is 2.72. The Balaban J connectivity index is 1.93. The third-order valence-electron chi connectivity index (χ3n) is 2.74. The van der Waals surface area contributed by atoms with Crippen LogP contribution in [0, 0.1) is 0 Å². The minimum absolute atomic E-state index is 0.144. The molecule has 0 radical (unpaired) electrons. The first kappa shape index (κ1) is 13.5. The second kappa shape index (κ2) is 5.35. The van der Waals surface area contributed by atoms with Crippen LogP contribution in [0.1, 0.15) is 0 Å². The fourth-order valence-electron chi connectivity index (χ4n) is 1.79. The van der Waals surface area contributed by atoms with Crippen molar-refractivity contribution in [3.05, 3.63) is 24.3 Å². The summed E-state index contributed by atoms with van der Waals surface area (Å²) in [5, 5.41) is 2.62. The van der Waals surface area contributed by atoms with Gasteiger partial charge in [0.1, 0.15) is 0 Å². The van der Waals surface area contributed by atoms with Gasteiger partial charge in [-0.1, -0.05) is 6.07 Å². The number of rotatable bonds is 5. The van der Waals surface area contributed by atoms with Gasteiger partial charge in [-0.2, -0.15) is 0 Å². The maximum Gasteiger partial charge on any atom is 0.317 e. The number of sulfonamides is 1. The largest absolute Gasteiger partial charge is 0.399 e. The van der Waals surface area contributed by atoms with Gasteiger partial charge in [0, 0.05) is 25.3 Å². The zero-order valence-corrected chi connectivity index (χ0v) is 11.1. The SMILES string of the molecule is Nc1cccc(NS(=O)(=O)CCN2CCNC2=O)c1. The van der Waals surface area contributed by atoms with Gasteiger partial charge in [0.25, 0.3) is 0 Å². The number of benzene rings is 1. The number of amides is 2. The highest BCUT2D eigenvalue weighted by Gasteiger charge is 2.21. The smallest absolute Gasteiger partial charge is 0.317 e. The van der Waals surface area contributed by atoms with Crippen LogP contribution in [-0.4, -0.2) is 44.7 Å². The zero-order valence-electron chi connectivity index (χ0n) is 10.3. The molecule has 0 atom stereocenters. The van der Waals surface area contributed by atoms with Crippen molar-refractivity contribution < 1.29 is 13.2 Å². The summed E-state index contributed by atoms with van der Waals surface area (Å²) < 4.78 is 26.2. The number of hydrogen-bond acceptors (Lipinski definition) is 4. The number of urea groups is 1. The van der Waals surface area contributed by atoms with Gasteiger partial charge in [0.05, 0.1) is 11.4 Å². The van der Waals surface area contributed by atoms with Crippen LogP contribution in [0.2, 0.25) is 0 Å². The maximum atomic E-state index is 11.9. The van der Waals surface area contributed by atoms with Gasteiger partial charge in [0.15, 0.2) is 0 Å². The van der Waals surface area contributed by atoms with Crippen molar-refractivity contribution in [1.29, 1.82) is 0 Å². The summed E-state index contributed by atoms with van der Waals surface area (Å²) in [4.78, 5) is 12.7. The van der Waals surface area contributed by atoms with Gasteiger partial charge < -0.3 is 16.0 Å². The summed E-state index contributed by atoms with van der Waals surface area (Å²) >= 11 is 0. The summed E-state index contributed by atoms with van der Waals surface area (Å²) in [6, 6.07) is 6.28. The van der Waals surface area contributed by atoms with Gasteiger partial charge >= 0.3 is 6.03 Å². The summed E-state index contributed by atoms with van der Waals surface area (Å²) in [5.74, 6) is -0.144. The molecular weight excluding hydrogens is 268 g/mol. The lowest BCUT2D eigenvalue weighted by atomic mass is 10.3. The molecule has 7 nitrogen and oxygen atoms in total. The molecule has 2 amide bonds. The molecule has 1 aromatic rings. The number of nitrogen functional groups attached to an aromatic ring is 1. The molecule has 2 rings (SSSR count). The number of carbonyl (C=O) groups is 1. The summed E-state index contributed by atoms with van der Waals surface area (Å²) in [7, 11) is -3.49. The Morgan fingerprint density at radius 1 is 1.42 bits per heavy atom. The van der Waals surface area contributed by atoms with Crippen molar-refractivity contribution >= 4 is 27.4 Å². The number of carbonyl (C=O) groups excluding carboxylic acids is 1. The van der Waals surface area contributed by atoms with Gasteiger partial charge in [-0.15, -0.1) is 0 Å². The molecule has 0 aliphatic carbocycles. The van der Waals surface area contributed by atoms with Crippen LogP contribution in [0.4, 0.5) is 16.2 Å². The predicted octanol–water partition coefficient (Wildman–Crippen LogP) is 0.0357. The van der Waals surface area contributed by atoms with Gasteiger partial charge in [0.2, 0.25) is 10.0 Å². The molecule has 4 N–H and O–H groups in total. The van der Waals surface area contributed by atoms with Crippen LogP contribution in [0.15, 0.2) is 24.3 Å². The van der Waals surface area contributed by atoms with Crippen LogP contribution in [0.5, 0.6) is 0 Å². The highest BCUT2D eigenvalue weighted by molar-refractivity contribution is 7.92. The van der Waals surface area contributed by atoms with E-state index in [1.807, 2.05) is 0 Å². The highest BCUT2D eigenvalue weighted by Crippen LogP contribution is 2.13. The minimum atomic E-state index is -3.49. The van der Waals surface area contributed by atoms with Crippen LogP contribution in [-0.2, 0) is 10.0 Å². The molecule has 1 heterocycles. The standard InChI is InChI=1S/C11H16N4O3S/c12-9-2-1-3-10(8-9)14-19(17,18)7-6-15-5-4-13-11(15)16/h1-3,8,14H,4-7,12H2,(H,13,16). The first-order chi connectivity index (χ1) is 8.96. The predicted molar refractivity (Wildman–Crippen MR) is 73.2 cm³/mol. The average molecular weight is 284 g/mol. The lowest BCUT2D eigenvalue weighted by molar-refractivity contribution is 0.220. The van der Waals surface area contributed by atoms with E-state index in [0.717, 1.165) is 0 Å². The van der Waals surface area contributed by atoms with Crippen molar-refractivity contribution in [3.63, 3.8) is 0 Å². The van der Waals surface area contributed by atoms with Crippen molar-refractivity contribution in [2.75, 3.05) is 35.8 Å². The quantitative estimate of drug-likeness (QED) is 0.664. The van der Waals surface area contributed by atoms with E-state index in [1.165, 1.54) is 4.90 Å². The molecule has 104 valence electrons. The minimum Gasteiger partial charge on any atom is -0.399 e. The normalized spacial score (nSPS) is 15.4. The van der Waals surface area contributed by atoms with Gasteiger partial charge in [-0.3, -0.25) is 4.72 Å². The van der Waals surface area contributed by atoms with Crippen LogP contribution < -0.4 is 15.8 Å². The second-order valence-corrected chi connectivity index (χ2v) is 6.11. The molecule has 1 fully saturated rings. The molecule has 1 saturated heterocycles. The van der Waals surface area contributed by atoms with Gasteiger partial charge in [-0.05, 0) is 18.2 Å². The molecule has 1 aromatic carbocycles. The zero-order chi connectivity index (χ0) is 13.9. The molecule has 0 aromatic heterocycles. The van der Waals surface area contributed by atoms with E-state index in [-0.39, 0.29) is 18.3 Å². The van der Waals surface area contributed by atoms with Crippen LogP contribution in [0.3, 0.4) is 0 Å². The molecule has 1 aliphatic rings. The number of nitrogens with zero attached hydrogens (tertiary/aromatic N) is 1. The van der Waals surface area contributed by atoms with E-state index in [0.29, 0.717) is 24.5 Å². The molecule has 0 saturated carbocycles. The third kappa shape index (κ3) is 3.75. The summed E-state index contributed by atoms with van der Waals surface area (Å²) in [5.41, 5.74) is 6.48. The maximum absolute atomic E-state index is 11.9.